The molecule has 26 heavy (non-hydrogen) atoms. The third kappa shape index (κ3) is 5.10. The molecule has 2 rings (SSSR count). The molecule has 10 heteroatoms. The van der Waals surface area contributed by atoms with Crippen LogP contribution in [0.2, 0.25) is 0 Å². The topological polar surface area (TPSA) is 122 Å². The first kappa shape index (κ1) is 19.0. The Bertz CT molecular complexity index is 782. The summed E-state index contributed by atoms with van der Waals surface area (Å²) in [5.74, 6) is -0.738. The zero-order valence-corrected chi connectivity index (χ0v) is 14.3. The number of hydrogen-bond donors (Lipinski definition) is 3. The van der Waals surface area contributed by atoms with Crippen LogP contribution in [0.4, 0.5) is 21.7 Å². The summed E-state index contributed by atoms with van der Waals surface area (Å²) in [7, 11) is 0. The number of halogens is 1. The highest BCUT2D eigenvalue weighted by Crippen LogP contribution is 2.28. The smallest absolute Gasteiger partial charge is 0.354 e. The lowest BCUT2D eigenvalue weighted by Gasteiger charge is -2.11. The molecule has 0 fully saturated rings. The standard InChI is InChI=1S/C16H19FN6O3/c1-10(2)7-8-18-14-13(23(25)26)15(20-9-19-14)21-22-16(24)11-3-5-12(17)6-4-11/h3-6,9-10H,7-8H2,1-2H3,(H,22,24)(H2,18,19,20,21). The Balaban J connectivity index is 2.11. The van der Waals surface area contributed by atoms with Gasteiger partial charge in [-0.3, -0.25) is 25.8 Å². The lowest BCUT2D eigenvalue weighted by Crippen LogP contribution is -2.30. The van der Waals surface area contributed by atoms with E-state index in [-0.39, 0.29) is 22.9 Å². The van der Waals surface area contributed by atoms with E-state index in [1.165, 1.54) is 12.1 Å². The van der Waals surface area contributed by atoms with Crippen LogP contribution in [-0.4, -0.2) is 27.3 Å². The maximum atomic E-state index is 12.9. The van der Waals surface area contributed by atoms with E-state index in [2.05, 4.69) is 26.1 Å². The molecule has 0 aliphatic rings. The Morgan fingerprint density at radius 2 is 1.88 bits per heavy atom. The van der Waals surface area contributed by atoms with E-state index >= 15 is 0 Å². The van der Waals surface area contributed by atoms with Gasteiger partial charge in [-0.05, 0) is 36.6 Å². The molecule has 0 saturated carbocycles. The van der Waals surface area contributed by atoms with Crippen molar-refractivity contribution in [2.24, 2.45) is 5.92 Å². The van der Waals surface area contributed by atoms with Crippen LogP contribution in [0.1, 0.15) is 30.6 Å². The lowest BCUT2D eigenvalue weighted by molar-refractivity contribution is -0.383. The molecule has 1 aromatic carbocycles. The Morgan fingerprint density at radius 1 is 1.23 bits per heavy atom. The van der Waals surface area contributed by atoms with Crippen LogP contribution in [0.3, 0.4) is 0 Å². The van der Waals surface area contributed by atoms with Crippen LogP contribution >= 0.6 is 0 Å². The number of aromatic nitrogens is 2. The molecule has 0 unspecified atom stereocenters. The number of amides is 1. The van der Waals surface area contributed by atoms with Crippen molar-refractivity contribution in [1.82, 2.24) is 15.4 Å². The normalized spacial score (nSPS) is 10.5. The molecule has 0 aliphatic carbocycles. The van der Waals surface area contributed by atoms with Gasteiger partial charge in [-0.15, -0.1) is 0 Å². The van der Waals surface area contributed by atoms with E-state index in [1.54, 1.807) is 0 Å². The monoisotopic (exact) mass is 362 g/mol. The fourth-order valence-electron chi connectivity index (χ4n) is 2.04. The number of hydrogen-bond acceptors (Lipinski definition) is 7. The third-order valence-electron chi connectivity index (χ3n) is 3.42. The number of anilines is 2. The van der Waals surface area contributed by atoms with E-state index in [0.717, 1.165) is 24.9 Å². The first-order chi connectivity index (χ1) is 12.4. The van der Waals surface area contributed by atoms with Gasteiger partial charge in [-0.25, -0.2) is 14.4 Å². The third-order valence-corrected chi connectivity index (χ3v) is 3.42. The molecule has 0 aliphatic heterocycles. The molecule has 0 bridgehead atoms. The van der Waals surface area contributed by atoms with Gasteiger partial charge in [0.1, 0.15) is 12.1 Å². The van der Waals surface area contributed by atoms with Crippen LogP contribution in [0.25, 0.3) is 0 Å². The fraction of sp³-hybridized carbons (Fsp3) is 0.312. The van der Waals surface area contributed by atoms with Crippen molar-refractivity contribution in [3.05, 3.63) is 52.1 Å². The highest BCUT2D eigenvalue weighted by Gasteiger charge is 2.23. The number of benzene rings is 1. The van der Waals surface area contributed by atoms with Gasteiger partial charge in [-0.2, -0.15) is 0 Å². The molecule has 0 radical (unpaired) electrons. The number of rotatable bonds is 8. The molecule has 1 aromatic heterocycles. The van der Waals surface area contributed by atoms with Gasteiger partial charge in [0.2, 0.25) is 11.6 Å². The van der Waals surface area contributed by atoms with Crippen molar-refractivity contribution in [1.29, 1.82) is 0 Å². The molecule has 1 heterocycles. The summed E-state index contributed by atoms with van der Waals surface area (Å²) in [6.45, 7) is 4.58. The lowest BCUT2D eigenvalue weighted by atomic mass is 10.1. The van der Waals surface area contributed by atoms with E-state index in [4.69, 9.17) is 0 Å². The van der Waals surface area contributed by atoms with Crippen molar-refractivity contribution in [2.75, 3.05) is 17.3 Å². The largest absolute Gasteiger partial charge is 0.364 e. The zero-order valence-electron chi connectivity index (χ0n) is 14.3. The molecule has 0 spiro atoms. The van der Waals surface area contributed by atoms with Gasteiger partial charge in [0.25, 0.3) is 5.91 Å². The summed E-state index contributed by atoms with van der Waals surface area (Å²) < 4.78 is 12.9. The number of carbonyl (C=O) groups excluding carboxylic acids is 1. The van der Waals surface area contributed by atoms with Gasteiger partial charge in [0.15, 0.2) is 0 Å². The minimum atomic E-state index is -0.635. The number of nitro groups is 1. The first-order valence-electron chi connectivity index (χ1n) is 7.93. The summed E-state index contributed by atoms with van der Waals surface area (Å²) in [6.07, 6.45) is 1.96. The quantitative estimate of drug-likeness (QED) is 0.487. The Kier molecular flexibility index (Phi) is 6.36. The van der Waals surface area contributed by atoms with Gasteiger partial charge < -0.3 is 5.32 Å². The van der Waals surface area contributed by atoms with Gasteiger partial charge in [-0.1, -0.05) is 13.8 Å². The summed E-state index contributed by atoms with van der Waals surface area (Å²) in [4.78, 5) is 30.5. The summed E-state index contributed by atoms with van der Waals surface area (Å²) in [5.41, 5.74) is 4.53. The zero-order chi connectivity index (χ0) is 19.1. The maximum absolute atomic E-state index is 12.9. The average molecular weight is 362 g/mol. The summed E-state index contributed by atoms with van der Waals surface area (Å²) >= 11 is 0. The first-order valence-corrected chi connectivity index (χ1v) is 7.93. The van der Waals surface area contributed by atoms with Gasteiger partial charge in [0, 0.05) is 12.1 Å². The minimum absolute atomic E-state index is 0.0594. The Morgan fingerprint density at radius 3 is 2.50 bits per heavy atom. The number of nitrogens with zero attached hydrogens (tertiary/aromatic N) is 3. The van der Waals surface area contributed by atoms with Crippen molar-refractivity contribution in [2.45, 2.75) is 20.3 Å². The molecule has 1 amide bonds. The SMILES string of the molecule is CC(C)CCNc1ncnc(NNC(=O)c2ccc(F)cc2)c1[N+](=O)[O-]. The highest BCUT2D eigenvalue weighted by atomic mass is 19.1. The minimum Gasteiger partial charge on any atom is -0.364 e. The van der Waals surface area contributed by atoms with Crippen LogP contribution in [0.5, 0.6) is 0 Å². The predicted octanol–water partition coefficient (Wildman–Crippen LogP) is 2.74. The van der Waals surface area contributed by atoms with Crippen molar-refractivity contribution >= 4 is 23.2 Å². The summed E-state index contributed by atoms with van der Waals surface area (Å²) in [5, 5.41) is 14.3. The van der Waals surface area contributed by atoms with Crippen LogP contribution < -0.4 is 16.2 Å². The van der Waals surface area contributed by atoms with E-state index < -0.39 is 16.6 Å². The van der Waals surface area contributed by atoms with Gasteiger partial charge in [0.05, 0.1) is 4.92 Å². The molecule has 3 N–H and O–H groups in total. The summed E-state index contributed by atoms with van der Waals surface area (Å²) in [6, 6.07) is 4.86. The van der Waals surface area contributed by atoms with E-state index in [0.29, 0.717) is 12.5 Å². The fourth-order valence-corrected chi connectivity index (χ4v) is 2.04. The van der Waals surface area contributed by atoms with Crippen LogP contribution in [-0.2, 0) is 0 Å². The molecule has 0 saturated heterocycles. The second-order valence-electron chi connectivity index (χ2n) is 5.87. The maximum Gasteiger partial charge on any atom is 0.354 e. The Hall–Kier alpha value is -3.30. The van der Waals surface area contributed by atoms with E-state index in [1.807, 2.05) is 13.8 Å². The second-order valence-corrected chi connectivity index (χ2v) is 5.87. The predicted molar refractivity (Wildman–Crippen MR) is 94.1 cm³/mol. The van der Waals surface area contributed by atoms with Crippen molar-refractivity contribution in [3.63, 3.8) is 0 Å². The molecule has 9 nitrogen and oxygen atoms in total. The second kappa shape index (κ2) is 8.70. The average Bonchev–Trinajstić information content (AvgIpc) is 2.59. The van der Waals surface area contributed by atoms with Crippen LogP contribution in [0, 0.1) is 21.8 Å². The molecular formula is C16H19FN6O3. The van der Waals surface area contributed by atoms with Gasteiger partial charge >= 0.3 is 5.69 Å². The molecule has 0 atom stereocenters. The number of carbonyl (C=O) groups is 1. The molecular weight excluding hydrogens is 343 g/mol. The molecule has 138 valence electrons. The van der Waals surface area contributed by atoms with Crippen molar-refractivity contribution in [3.8, 4) is 0 Å². The van der Waals surface area contributed by atoms with E-state index in [9.17, 15) is 19.3 Å². The van der Waals surface area contributed by atoms with Crippen molar-refractivity contribution < 1.29 is 14.1 Å². The molecule has 2 aromatic rings. The Labute approximate surface area is 149 Å². The number of nitrogens with one attached hydrogen (secondary N) is 3. The van der Waals surface area contributed by atoms with Crippen LogP contribution in [0.15, 0.2) is 30.6 Å². The highest BCUT2D eigenvalue weighted by molar-refractivity contribution is 5.95. The number of hydrazine groups is 1.